The van der Waals surface area contributed by atoms with Gasteiger partial charge in [-0.25, -0.2) is 4.98 Å². The van der Waals surface area contributed by atoms with E-state index >= 15 is 0 Å². The van der Waals surface area contributed by atoms with Crippen LogP contribution >= 0.6 is 11.8 Å². The fourth-order valence-electron chi connectivity index (χ4n) is 2.61. The summed E-state index contributed by atoms with van der Waals surface area (Å²) in [5.74, 6) is -0.0325. The molecule has 6 nitrogen and oxygen atoms in total. The Labute approximate surface area is 122 Å². The van der Waals surface area contributed by atoms with Gasteiger partial charge in [0.05, 0.1) is 11.3 Å². The number of hydrogen-bond donors (Lipinski definition) is 1. The van der Waals surface area contributed by atoms with E-state index in [1.807, 2.05) is 6.92 Å². The minimum atomic E-state index is -0.633. The van der Waals surface area contributed by atoms with Gasteiger partial charge in [0.2, 0.25) is 5.91 Å². The molecular weight excluding hydrogens is 274 g/mol. The van der Waals surface area contributed by atoms with E-state index in [9.17, 15) is 10.1 Å². The highest BCUT2D eigenvalue weighted by molar-refractivity contribution is 8.00. The van der Waals surface area contributed by atoms with Crippen LogP contribution in [0.1, 0.15) is 39.0 Å². The molecule has 0 aliphatic heterocycles. The molecule has 0 radical (unpaired) electrons. The van der Waals surface area contributed by atoms with E-state index in [4.69, 9.17) is 0 Å². The molecule has 1 aromatic heterocycles. The molecule has 1 atom stereocenters. The van der Waals surface area contributed by atoms with Gasteiger partial charge in [0, 0.05) is 7.05 Å². The maximum Gasteiger partial charge on any atom is 0.236 e. The molecule has 1 heterocycles. The van der Waals surface area contributed by atoms with Gasteiger partial charge in [-0.15, -0.1) is 0 Å². The van der Waals surface area contributed by atoms with Crippen LogP contribution in [0.2, 0.25) is 0 Å². The van der Waals surface area contributed by atoms with Crippen molar-refractivity contribution in [3.05, 3.63) is 6.33 Å². The van der Waals surface area contributed by atoms with Crippen molar-refractivity contribution in [3.63, 3.8) is 0 Å². The summed E-state index contributed by atoms with van der Waals surface area (Å²) in [6.45, 7) is 1.83. The highest BCUT2D eigenvalue weighted by atomic mass is 32.2. The smallest absolute Gasteiger partial charge is 0.236 e. The normalized spacial score (nSPS) is 19.1. The van der Waals surface area contributed by atoms with E-state index in [1.54, 1.807) is 11.9 Å². The number of aromatic nitrogens is 3. The fourth-order valence-corrected chi connectivity index (χ4v) is 3.42. The van der Waals surface area contributed by atoms with Crippen LogP contribution in [-0.2, 0) is 4.79 Å². The second-order valence-corrected chi connectivity index (χ2v) is 6.48. The average molecular weight is 293 g/mol. The number of carbonyl (C=O) groups is 1. The van der Waals surface area contributed by atoms with E-state index in [-0.39, 0.29) is 11.2 Å². The molecule has 2 rings (SSSR count). The van der Waals surface area contributed by atoms with Gasteiger partial charge in [0.1, 0.15) is 11.9 Å². The lowest BCUT2D eigenvalue weighted by Crippen LogP contribution is -2.52. The largest absolute Gasteiger partial charge is 0.326 e. The second kappa shape index (κ2) is 6.27. The number of carbonyl (C=O) groups excluding carboxylic acids is 1. The van der Waals surface area contributed by atoms with E-state index in [0.29, 0.717) is 5.16 Å². The summed E-state index contributed by atoms with van der Waals surface area (Å²) in [4.78, 5) is 18.2. The van der Waals surface area contributed by atoms with Crippen LogP contribution in [-0.4, -0.2) is 43.8 Å². The molecular formula is C13H19N5OS. The first kappa shape index (κ1) is 14.9. The van der Waals surface area contributed by atoms with Gasteiger partial charge in [-0.3, -0.25) is 9.89 Å². The first-order valence-corrected chi connectivity index (χ1v) is 7.68. The van der Waals surface area contributed by atoms with Gasteiger partial charge in [0.25, 0.3) is 0 Å². The molecule has 0 bridgehead atoms. The lowest BCUT2D eigenvalue weighted by molar-refractivity contribution is -0.133. The first-order chi connectivity index (χ1) is 9.59. The molecule has 20 heavy (non-hydrogen) atoms. The molecule has 1 saturated carbocycles. The van der Waals surface area contributed by atoms with E-state index < -0.39 is 5.54 Å². The summed E-state index contributed by atoms with van der Waals surface area (Å²) in [6, 6.07) is 2.37. The molecule has 1 amide bonds. The van der Waals surface area contributed by atoms with Crippen molar-refractivity contribution in [2.24, 2.45) is 0 Å². The van der Waals surface area contributed by atoms with Gasteiger partial charge >= 0.3 is 0 Å². The Balaban J connectivity index is 2.05. The van der Waals surface area contributed by atoms with Crippen molar-refractivity contribution >= 4 is 17.7 Å². The number of rotatable bonds is 4. The highest BCUT2D eigenvalue weighted by Gasteiger charge is 2.40. The lowest BCUT2D eigenvalue weighted by Gasteiger charge is -2.39. The molecule has 1 unspecified atom stereocenters. The average Bonchev–Trinajstić information content (AvgIpc) is 2.99. The number of H-pyrrole nitrogens is 1. The minimum Gasteiger partial charge on any atom is -0.326 e. The minimum absolute atomic E-state index is 0.0325. The zero-order valence-electron chi connectivity index (χ0n) is 11.8. The van der Waals surface area contributed by atoms with Crippen LogP contribution in [0.4, 0.5) is 0 Å². The Bertz CT molecular complexity index is 489. The third kappa shape index (κ3) is 2.96. The molecule has 7 heteroatoms. The van der Waals surface area contributed by atoms with E-state index in [0.717, 1.165) is 32.1 Å². The summed E-state index contributed by atoms with van der Waals surface area (Å²) in [5, 5.41) is 16.3. The molecule has 1 aromatic rings. The zero-order valence-corrected chi connectivity index (χ0v) is 12.6. The van der Waals surface area contributed by atoms with Crippen LogP contribution in [0.25, 0.3) is 0 Å². The third-order valence-corrected chi connectivity index (χ3v) is 4.87. The Morgan fingerprint density at radius 1 is 1.55 bits per heavy atom. The zero-order chi connectivity index (χ0) is 14.6. The van der Waals surface area contributed by atoms with Gasteiger partial charge in [-0.05, 0) is 19.8 Å². The van der Waals surface area contributed by atoms with Gasteiger partial charge < -0.3 is 4.90 Å². The van der Waals surface area contributed by atoms with Crippen LogP contribution < -0.4 is 0 Å². The Hall–Kier alpha value is -1.55. The third-order valence-electron chi connectivity index (χ3n) is 3.89. The highest BCUT2D eigenvalue weighted by Crippen LogP contribution is 2.34. The molecule has 0 aromatic carbocycles. The van der Waals surface area contributed by atoms with Crippen molar-refractivity contribution in [2.75, 3.05) is 7.05 Å². The second-order valence-electron chi connectivity index (χ2n) is 5.15. The number of thioether (sulfide) groups is 1. The number of nitriles is 1. The van der Waals surface area contributed by atoms with E-state index in [1.165, 1.54) is 18.1 Å². The van der Waals surface area contributed by atoms with Crippen molar-refractivity contribution in [1.29, 1.82) is 5.26 Å². The quantitative estimate of drug-likeness (QED) is 0.858. The van der Waals surface area contributed by atoms with Crippen molar-refractivity contribution in [2.45, 2.75) is 55.0 Å². The summed E-state index contributed by atoms with van der Waals surface area (Å²) in [6.07, 6.45) is 6.12. The van der Waals surface area contributed by atoms with Gasteiger partial charge in [-0.2, -0.15) is 10.4 Å². The summed E-state index contributed by atoms with van der Waals surface area (Å²) in [7, 11) is 1.74. The van der Waals surface area contributed by atoms with Crippen molar-refractivity contribution < 1.29 is 4.79 Å². The van der Waals surface area contributed by atoms with Crippen molar-refractivity contribution in [3.8, 4) is 6.07 Å². The lowest BCUT2D eigenvalue weighted by atomic mass is 9.81. The predicted molar refractivity (Wildman–Crippen MR) is 75.9 cm³/mol. The Morgan fingerprint density at radius 3 is 2.80 bits per heavy atom. The Kier molecular flexibility index (Phi) is 4.65. The number of amides is 1. The number of hydrogen-bond acceptors (Lipinski definition) is 5. The molecule has 0 spiro atoms. The monoisotopic (exact) mass is 293 g/mol. The summed E-state index contributed by atoms with van der Waals surface area (Å²) in [5.41, 5.74) is -0.633. The van der Waals surface area contributed by atoms with Gasteiger partial charge in [0.15, 0.2) is 5.16 Å². The molecule has 0 saturated heterocycles. The topological polar surface area (TPSA) is 85.7 Å². The maximum absolute atomic E-state index is 12.5. The maximum atomic E-state index is 12.5. The summed E-state index contributed by atoms with van der Waals surface area (Å²) < 4.78 is 0. The molecule has 1 fully saturated rings. The predicted octanol–water partition coefficient (Wildman–Crippen LogP) is 1.97. The van der Waals surface area contributed by atoms with E-state index in [2.05, 4.69) is 21.3 Å². The number of nitrogens with one attached hydrogen (secondary N) is 1. The SMILES string of the molecule is CC(Sc1ncn[nH]1)C(=O)N(C)C1(C#N)CCCCC1. The number of aromatic amines is 1. The molecule has 1 aliphatic rings. The molecule has 1 N–H and O–H groups in total. The van der Waals surface area contributed by atoms with Crippen LogP contribution in [0.3, 0.4) is 0 Å². The molecule has 1 aliphatic carbocycles. The van der Waals surface area contributed by atoms with Crippen molar-refractivity contribution in [1.82, 2.24) is 20.1 Å². The first-order valence-electron chi connectivity index (χ1n) is 6.80. The standard InChI is InChI=1S/C13H19N5OS/c1-10(20-12-15-9-16-17-12)11(19)18(2)13(8-14)6-4-3-5-7-13/h9-10H,3-7H2,1-2H3,(H,15,16,17). The number of nitrogens with zero attached hydrogens (tertiary/aromatic N) is 4. The van der Waals surface area contributed by atoms with Crippen LogP contribution in [0, 0.1) is 11.3 Å². The van der Waals surface area contributed by atoms with Crippen LogP contribution in [0.15, 0.2) is 11.5 Å². The van der Waals surface area contributed by atoms with Crippen LogP contribution in [0.5, 0.6) is 0 Å². The fraction of sp³-hybridized carbons (Fsp3) is 0.692. The molecule has 108 valence electrons. The van der Waals surface area contributed by atoms with Gasteiger partial charge in [-0.1, -0.05) is 31.0 Å². The summed E-state index contributed by atoms with van der Waals surface area (Å²) >= 11 is 1.33. The Morgan fingerprint density at radius 2 is 2.25 bits per heavy atom.